The van der Waals surface area contributed by atoms with Gasteiger partial charge in [-0.15, -0.1) is 5.06 Å². The normalized spacial score (nSPS) is 14.7. The van der Waals surface area contributed by atoms with Gasteiger partial charge in [0.15, 0.2) is 0 Å². The van der Waals surface area contributed by atoms with E-state index in [-0.39, 0.29) is 30.5 Å². The first-order valence-corrected chi connectivity index (χ1v) is 7.61. The van der Waals surface area contributed by atoms with Crippen molar-refractivity contribution >= 4 is 17.8 Å². The second-order valence-corrected chi connectivity index (χ2v) is 5.69. The van der Waals surface area contributed by atoms with Gasteiger partial charge in [-0.25, -0.2) is 9.18 Å². The van der Waals surface area contributed by atoms with Gasteiger partial charge in [-0.2, -0.15) is 18.3 Å². The standard InChI is InChI=1S/C16H11F4N3O4/c17-11-2-1-9(12(5-11)16(18,19)20)7-22-8-10(6-21-22)15(26)27-23-13(24)3-4-14(23)25/h1-2,5-6,8H,3-4,7H2. The number of alkyl halides is 3. The SMILES string of the molecule is O=C(ON1C(=O)CCC1=O)c1cnn(Cc2ccc(F)cc2C(F)(F)F)c1. The number of aromatic nitrogens is 2. The zero-order valence-corrected chi connectivity index (χ0v) is 13.5. The molecule has 1 aliphatic rings. The summed E-state index contributed by atoms with van der Waals surface area (Å²) in [5.41, 5.74) is -1.58. The lowest BCUT2D eigenvalue weighted by molar-refractivity contribution is -0.172. The van der Waals surface area contributed by atoms with Crippen LogP contribution in [0.5, 0.6) is 0 Å². The molecule has 7 nitrogen and oxygen atoms in total. The summed E-state index contributed by atoms with van der Waals surface area (Å²) in [5, 5.41) is 4.11. The second kappa shape index (κ2) is 6.82. The quantitative estimate of drug-likeness (QED) is 0.596. The van der Waals surface area contributed by atoms with Crippen molar-refractivity contribution in [2.45, 2.75) is 25.6 Å². The van der Waals surface area contributed by atoms with Crippen molar-refractivity contribution in [3.05, 3.63) is 53.1 Å². The Kier molecular flexibility index (Phi) is 4.68. The van der Waals surface area contributed by atoms with Crippen molar-refractivity contribution in [2.24, 2.45) is 0 Å². The third kappa shape index (κ3) is 3.96. The van der Waals surface area contributed by atoms with Gasteiger partial charge in [0.1, 0.15) is 5.82 Å². The highest BCUT2D eigenvalue weighted by molar-refractivity contribution is 6.02. The Balaban J connectivity index is 1.76. The highest BCUT2D eigenvalue weighted by Gasteiger charge is 2.35. The predicted molar refractivity (Wildman–Crippen MR) is 79.2 cm³/mol. The summed E-state index contributed by atoms with van der Waals surface area (Å²) < 4.78 is 53.2. The average molecular weight is 385 g/mol. The molecule has 1 saturated heterocycles. The van der Waals surface area contributed by atoms with Crippen molar-refractivity contribution in [1.82, 2.24) is 14.8 Å². The number of benzene rings is 1. The highest BCUT2D eigenvalue weighted by Crippen LogP contribution is 2.32. The van der Waals surface area contributed by atoms with Crippen LogP contribution in [-0.4, -0.2) is 32.6 Å². The van der Waals surface area contributed by atoms with Gasteiger partial charge < -0.3 is 4.84 Å². The van der Waals surface area contributed by atoms with Crippen LogP contribution >= 0.6 is 0 Å². The van der Waals surface area contributed by atoms with Crippen LogP contribution in [0.3, 0.4) is 0 Å². The van der Waals surface area contributed by atoms with Gasteiger partial charge in [0.2, 0.25) is 0 Å². The lowest BCUT2D eigenvalue weighted by Crippen LogP contribution is -2.31. The van der Waals surface area contributed by atoms with Gasteiger partial charge >= 0.3 is 12.1 Å². The Hall–Kier alpha value is -3.24. The molecule has 0 saturated carbocycles. The number of nitrogens with zero attached hydrogens (tertiary/aromatic N) is 3. The molecule has 0 N–H and O–H groups in total. The van der Waals surface area contributed by atoms with Crippen LogP contribution in [0.1, 0.15) is 34.3 Å². The molecule has 0 unspecified atom stereocenters. The molecule has 0 atom stereocenters. The summed E-state index contributed by atoms with van der Waals surface area (Å²) >= 11 is 0. The van der Waals surface area contributed by atoms with E-state index in [1.54, 1.807) is 0 Å². The van der Waals surface area contributed by atoms with Crippen molar-refractivity contribution in [3.63, 3.8) is 0 Å². The number of carbonyl (C=O) groups is 3. The maximum atomic E-state index is 13.1. The van der Waals surface area contributed by atoms with Gasteiger partial charge in [0.05, 0.1) is 23.9 Å². The molecule has 11 heteroatoms. The molecule has 2 aromatic rings. The van der Waals surface area contributed by atoms with E-state index in [9.17, 15) is 31.9 Å². The molecule has 142 valence electrons. The maximum absolute atomic E-state index is 13.1. The molecule has 0 spiro atoms. The van der Waals surface area contributed by atoms with Crippen LogP contribution in [0.2, 0.25) is 0 Å². The smallest absolute Gasteiger partial charge is 0.325 e. The van der Waals surface area contributed by atoms with E-state index < -0.39 is 35.3 Å². The van der Waals surface area contributed by atoms with Crippen LogP contribution in [0.4, 0.5) is 17.6 Å². The number of hydroxylamine groups is 2. The van der Waals surface area contributed by atoms with Crippen molar-refractivity contribution in [2.75, 3.05) is 0 Å². The van der Waals surface area contributed by atoms with E-state index in [1.807, 2.05) is 0 Å². The minimum absolute atomic E-state index is 0.0733. The number of imide groups is 1. The minimum Gasteiger partial charge on any atom is -0.325 e. The van der Waals surface area contributed by atoms with Gasteiger partial charge in [-0.05, 0) is 17.7 Å². The highest BCUT2D eigenvalue weighted by atomic mass is 19.4. The van der Waals surface area contributed by atoms with Gasteiger partial charge in [-0.3, -0.25) is 14.3 Å². The lowest BCUT2D eigenvalue weighted by Gasteiger charge is -2.13. The zero-order valence-electron chi connectivity index (χ0n) is 13.5. The molecule has 27 heavy (non-hydrogen) atoms. The molecular weight excluding hydrogens is 374 g/mol. The second-order valence-electron chi connectivity index (χ2n) is 5.69. The Morgan fingerprint density at radius 2 is 1.85 bits per heavy atom. The molecule has 0 bridgehead atoms. The number of hydrogen-bond acceptors (Lipinski definition) is 5. The first kappa shape index (κ1) is 18.5. The molecule has 1 aromatic heterocycles. The average Bonchev–Trinajstić information content (AvgIpc) is 3.17. The molecular formula is C16H11F4N3O4. The summed E-state index contributed by atoms with van der Waals surface area (Å²) in [7, 11) is 0. The number of carbonyl (C=O) groups excluding carboxylic acids is 3. The first-order valence-electron chi connectivity index (χ1n) is 7.61. The molecule has 1 aliphatic heterocycles. The van der Waals surface area contributed by atoms with Crippen LogP contribution in [0.15, 0.2) is 30.6 Å². The van der Waals surface area contributed by atoms with Crippen molar-refractivity contribution in [1.29, 1.82) is 0 Å². The van der Waals surface area contributed by atoms with Gasteiger partial charge in [0, 0.05) is 19.0 Å². The Labute approximate surface area is 149 Å². The van der Waals surface area contributed by atoms with E-state index >= 15 is 0 Å². The van der Waals surface area contributed by atoms with Crippen LogP contribution in [0.25, 0.3) is 0 Å². The Bertz CT molecular complexity index is 907. The molecule has 0 aliphatic carbocycles. The third-order valence-electron chi connectivity index (χ3n) is 3.76. The molecule has 2 amide bonds. The van der Waals surface area contributed by atoms with E-state index in [0.717, 1.165) is 29.2 Å². The van der Waals surface area contributed by atoms with Crippen molar-refractivity contribution in [3.8, 4) is 0 Å². The summed E-state index contributed by atoms with van der Waals surface area (Å²) in [6.07, 6.45) is -2.80. The first-order chi connectivity index (χ1) is 12.6. The van der Waals surface area contributed by atoms with Crippen LogP contribution in [0, 0.1) is 5.82 Å². The van der Waals surface area contributed by atoms with E-state index in [1.165, 1.54) is 0 Å². The molecule has 2 heterocycles. The fourth-order valence-corrected chi connectivity index (χ4v) is 2.47. The topological polar surface area (TPSA) is 81.5 Å². The zero-order chi connectivity index (χ0) is 19.8. The minimum atomic E-state index is -4.76. The fraction of sp³-hybridized carbons (Fsp3) is 0.250. The molecule has 1 fully saturated rings. The van der Waals surface area contributed by atoms with Crippen LogP contribution < -0.4 is 0 Å². The third-order valence-corrected chi connectivity index (χ3v) is 3.76. The number of halogens is 4. The molecule has 3 rings (SSSR count). The Morgan fingerprint density at radius 1 is 1.19 bits per heavy atom. The fourth-order valence-electron chi connectivity index (χ4n) is 2.47. The number of amides is 2. The number of rotatable bonds is 4. The molecule has 0 radical (unpaired) electrons. The summed E-state index contributed by atoms with van der Waals surface area (Å²) in [6, 6.07) is 2.23. The van der Waals surface area contributed by atoms with E-state index in [2.05, 4.69) is 5.10 Å². The Morgan fingerprint density at radius 3 is 2.48 bits per heavy atom. The van der Waals surface area contributed by atoms with Gasteiger partial charge in [0.25, 0.3) is 11.8 Å². The number of hydrogen-bond donors (Lipinski definition) is 0. The summed E-state index contributed by atoms with van der Waals surface area (Å²) in [5.74, 6) is -3.42. The van der Waals surface area contributed by atoms with E-state index in [4.69, 9.17) is 4.84 Å². The summed E-state index contributed by atoms with van der Waals surface area (Å²) in [4.78, 5) is 39.5. The van der Waals surface area contributed by atoms with Gasteiger partial charge in [-0.1, -0.05) is 6.07 Å². The monoisotopic (exact) mass is 385 g/mol. The van der Waals surface area contributed by atoms with E-state index in [0.29, 0.717) is 11.1 Å². The largest absolute Gasteiger partial charge is 0.416 e. The van der Waals surface area contributed by atoms with Crippen molar-refractivity contribution < 1.29 is 36.8 Å². The lowest BCUT2D eigenvalue weighted by atomic mass is 10.1. The predicted octanol–water partition coefficient (Wildman–Crippen LogP) is 2.31. The summed E-state index contributed by atoms with van der Waals surface area (Å²) in [6.45, 7) is -0.385. The maximum Gasteiger partial charge on any atom is 0.416 e. The van der Waals surface area contributed by atoms with Crippen LogP contribution in [-0.2, 0) is 27.1 Å². The molecule has 1 aromatic carbocycles.